The maximum Gasteiger partial charge on any atom is 0.242 e. The molecular weight excluding hydrogens is 362 g/mol. The van der Waals surface area contributed by atoms with Crippen LogP contribution in [0.2, 0.25) is 0 Å². The minimum absolute atomic E-state index is 0.108. The summed E-state index contributed by atoms with van der Waals surface area (Å²) in [5, 5.41) is 11.3. The zero-order valence-electron chi connectivity index (χ0n) is 16.0. The van der Waals surface area contributed by atoms with Gasteiger partial charge in [-0.25, -0.2) is 4.68 Å². The number of aromatic nitrogens is 3. The van der Waals surface area contributed by atoms with Gasteiger partial charge < -0.3 is 19.5 Å². The number of methoxy groups -OCH3 is 1. The van der Waals surface area contributed by atoms with Crippen LogP contribution in [-0.2, 0) is 22.6 Å². The van der Waals surface area contributed by atoms with Crippen LogP contribution in [0.3, 0.4) is 0 Å². The monoisotopic (exact) mass is 387 g/mol. The average Bonchev–Trinajstić information content (AvgIpc) is 3.15. The van der Waals surface area contributed by atoms with Crippen LogP contribution in [0.25, 0.3) is 0 Å². The van der Waals surface area contributed by atoms with Crippen molar-refractivity contribution in [1.29, 1.82) is 0 Å². The van der Waals surface area contributed by atoms with E-state index in [1.807, 2.05) is 24.4 Å². The Hall–Kier alpha value is -2.65. The van der Waals surface area contributed by atoms with Crippen molar-refractivity contribution in [3.8, 4) is 11.5 Å². The Morgan fingerprint density at radius 3 is 3.00 bits per heavy atom. The molecule has 9 heteroatoms. The van der Waals surface area contributed by atoms with Gasteiger partial charge in [-0.3, -0.25) is 9.69 Å². The Balaban J connectivity index is 1.35. The van der Waals surface area contributed by atoms with Crippen molar-refractivity contribution in [3.05, 3.63) is 35.7 Å². The molecule has 2 aliphatic heterocycles. The first-order valence-corrected chi connectivity index (χ1v) is 9.50. The number of nitrogens with one attached hydrogen (secondary N) is 1. The number of carbonyl (C=O) groups excluding carboxylic acids is 1. The van der Waals surface area contributed by atoms with Crippen LogP contribution in [0.1, 0.15) is 23.7 Å². The quantitative estimate of drug-likeness (QED) is 0.782. The highest BCUT2D eigenvalue weighted by molar-refractivity contribution is 5.76. The zero-order valence-corrected chi connectivity index (χ0v) is 16.0. The highest BCUT2D eigenvalue weighted by atomic mass is 16.5. The maximum atomic E-state index is 12.5. The third-order valence-electron chi connectivity index (χ3n) is 4.97. The van der Waals surface area contributed by atoms with Gasteiger partial charge in [-0.05, 0) is 18.2 Å². The Labute approximate surface area is 163 Å². The van der Waals surface area contributed by atoms with Gasteiger partial charge in [0.2, 0.25) is 5.91 Å². The van der Waals surface area contributed by atoms with Gasteiger partial charge in [0.15, 0.2) is 0 Å². The lowest BCUT2D eigenvalue weighted by Crippen LogP contribution is -2.35. The second kappa shape index (κ2) is 8.57. The molecule has 1 fully saturated rings. The molecule has 1 aromatic carbocycles. The highest BCUT2D eigenvalue weighted by Gasteiger charge is 2.24. The van der Waals surface area contributed by atoms with E-state index in [2.05, 4.69) is 20.5 Å². The van der Waals surface area contributed by atoms with Crippen molar-refractivity contribution in [3.63, 3.8) is 0 Å². The van der Waals surface area contributed by atoms with E-state index in [4.69, 9.17) is 14.2 Å². The molecule has 1 saturated heterocycles. The summed E-state index contributed by atoms with van der Waals surface area (Å²) in [6, 6.07) is 5.54. The van der Waals surface area contributed by atoms with E-state index in [0.29, 0.717) is 13.0 Å². The summed E-state index contributed by atoms with van der Waals surface area (Å²) in [6.45, 7) is 4.68. The Morgan fingerprint density at radius 2 is 2.18 bits per heavy atom. The molecular formula is C19H25N5O4. The Bertz CT molecular complexity index is 818. The lowest BCUT2D eigenvalue weighted by molar-refractivity contribution is -0.122. The van der Waals surface area contributed by atoms with Gasteiger partial charge in [0.1, 0.15) is 18.0 Å². The predicted octanol–water partition coefficient (Wildman–Crippen LogP) is 0.759. The molecule has 2 aromatic rings. The van der Waals surface area contributed by atoms with Crippen molar-refractivity contribution in [2.75, 3.05) is 40.0 Å². The summed E-state index contributed by atoms with van der Waals surface area (Å²) in [4.78, 5) is 14.8. The third kappa shape index (κ3) is 4.42. The first-order chi connectivity index (χ1) is 13.7. The van der Waals surface area contributed by atoms with Crippen molar-refractivity contribution < 1.29 is 19.0 Å². The van der Waals surface area contributed by atoms with Crippen LogP contribution in [0.4, 0.5) is 0 Å². The molecule has 0 saturated carbocycles. The molecule has 150 valence electrons. The Morgan fingerprint density at radius 1 is 1.32 bits per heavy atom. The molecule has 0 spiro atoms. The van der Waals surface area contributed by atoms with Crippen molar-refractivity contribution in [1.82, 2.24) is 25.2 Å². The zero-order chi connectivity index (χ0) is 19.3. The molecule has 1 unspecified atom stereocenters. The number of hydrogen-bond donors (Lipinski definition) is 1. The largest absolute Gasteiger partial charge is 0.497 e. The maximum absolute atomic E-state index is 12.5. The molecule has 3 heterocycles. The molecule has 28 heavy (non-hydrogen) atoms. The minimum atomic E-state index is -0.109. The van der Waals surface area contributed by atoms with Crippen molar-refractivity contribution in [2.24, 2.45) is 0 Å². The molecule has 0 bridgehead atoms. The molecule has 1 N–H and O–H groups in total. The third-order valence-corrected chi connectivity index (χ3v) is 4.97. The molecule has 0 aliphatic carbocycles. The molecule has 1 aromatic heterocycles. The first-order valence-electron chi connectivity index (χ1n) is 9.50. The second-order valence-electron chi connectivity index (χ2n) is 6.96. The SMILES string of the molecule is COc1ccc2c(c1)C(NC(=O)Cn1cc(CN3CCOCC3)nn1)CCO2. The molecule has 9 nitrogen and oxygen atoms in total. The summed E-state index contributed by atoms with van der Waals surface area (Å²) >= 11 is 0. The molecule has 2 aliphatic rings. The van der Waals surface area contributed by atoms with Crippen molar-refractivity contribution >= 4 is 5.91 Å². The first kappa shape index (κ1) is 18.7. The van der Waals surface area contributed by atoms with Crippen LogP contribution >= 0.6 is 0 Å². The van der Waals surface area contributed by atoms with E-state index in [1.54, 1.807) is 11.8 Å². The van der Waals surface area contributed by atoms with Gasteiger partial charge >= 0.3 is 0 Å². The predicted molar refractivity (Wildman–Crippen MR) is 100 cm³/mol. The number of hydrogen-bond acceptors (Lipinski definition) is 7. The topological polar surface area (TPSA) is 90.7 Å². The number of rotatable bonds is 6. The number of amides is 1. The summed E-state index contributed by atoms with van der Waals surface area (Å²) in [5.74, 6) is 1.42. The fraction of sp³-hybridized carbons (Fsp3) is 0.526. The van der Waals surface area contributed by atoms with Crippen molar-refractivity contribution in [2.45, 2.75) is 25.6 Å². The summed E-state index contributed by atoms with van der Waals surface area (Å²) < 4.78 is 17.9. The molecule has 1 atom stereocenters. The van der Waals surface area contributed by atoms with E-state index in [1.165, 1.54) is 0 Å². The van der Waals surface area contributed by atoms with E-state index >= 15 is 0 Å². The van der Waals surface area contributed by atoms with Crippen LogP contribution in [0, 0.1) is 0 Å². The van der Waals surface area contributed by atoms with Crippen LogP contribution < -0.4 is 14.8 Å². The average molecular weight is 387 g/mol. The van der Waals surface area contributed by atoms with Gasteiger partial charge in [-0.1, -0.05) is 5.21 Å². The Kier molecular flexibility index (Phi) is 5.73. The van der Waals surface area contributed by atoms with Gasteiger partial charge in [0, 0.05) is 31.6 Å². The fourth-order valence-corrected chi connectivity index (χ4v) is 3.51. The molecule has 1 amide bonds. The standard InChI is InChI=1S/C19H25N5O4/c1-26-15-2-3-18-16(10-15)17(4-7-28-18)20-19(25)13-24-12-14(21-22-24)11-23-5-8-27-9-6-23/h2-3,10,12,17H,4-9,11,13H2,1H3,(H,20,25). The van der Waals surface area contributed by atoms with Crippen LogP contribution in [-0.4, -0.2) is 65.8 Å². The van der Waals surface area contributed by atoms with Gasteiger partial charge in [0.25, 0.3) is 0 Å². The number of benzene rings is 1. The van der Waals surface area contributed by atoms with Crippen LogP contribution in [0.15, 0.2) is 24.4 Å². The van der Waals surface area contributed by atoms with E-state index < -0.39 is 0 Å². The van der Waals surface area contributed by atoms with Gasteiger partial charge in [-0.15, -0.1) is 5.10 Å². The summed E-state index contributed by atoms with van der Waals surface area (Å²) in [6.07, 6.45) is 2.54. The van der Waals surface area contributed by atoms with Gasteiger partial charge in [0.05, 0.1) is 44.9 Å². The number of fused-ring (bicyclic) bond motifs is 1. The van der Waals surface area contributed by atoms with E-state index in [-0.39, 0.29) is 18.5 Å². The lowest BCUT2D eigenvalue weighted by Gasteiger charge is -2.27. The summed E-state index contributed by atoms with van der Waals surface area (Å²) in [5.41, 5.74) is 1.79. The van der Waals surface area contributed by atoms with E-state index in [9.17, 15) is 4.79 Å². The molecule has 4 rings (SSSR count). The molecule has 0 radical (unpaired) electrons. The normalized spacial score (nSPS) is 19.5. The van der Waals surface area contributed by atoms with Gasteiger partial charge in [-0.2, -0.15) is 0 Å². The second-order valence-corrected chi connectivity index (χ2v) is 6.96. The smallest absolute Gasteiger partial charge is 0.242 e. The number of nitrogens with zero attached hydrogens (tertiary/aromatic N) is 4. The number of carbonyl (C=O) groups is 1. The fourth-order valence-electron chi connectivity index (χ4n) is 3.51. The minimum Gasteiger partial charge on any atom is -0.497 e. The highest BCUT2D eigenvalue weighted by Crippen LogP contribution is 2.34. The van der Waals surface area contributed by atoms with Crippen LogP contribution in [0.5, 0.6) is 11.5 Å². The lowest BCUT2D eigenvalue weighted by atomic mass is 10.00. The number of morpholine rings is 1. The summed E-state index contributed by atoms with van der Waals surface area (Å²) in [7, 11) is 1.62. The number of ether oxygens (including phenoxy) is 3. The van der Waals surface area contributed by atoms with E-state index in [0.717, 1.165) is 55.6 Å².